The summed E-state index contributed by atoms with van der Waals surface area (Å²) in [7, 11) is 1.32. The average molecular weight is 218 g/mol. The number of fused-ring (bicyclic) bond motifs is 1. The molecule has 2 aromatic rings. The molecular weight excluding hydrogens is 208 g/mol. The topological polar surface area (TPSA) is 85.2 Å². The molecule has 0 fully saturated rings. The number of esters is 1. The van der Waals surface area contributed by atoms with Gasteiger partial charge in [0.2, 0.25) is 0 Å². The van der Waals surface area contributed by atoms with E-state index in [1.54, 1.807) is 18.2 Å². The van der Waals surface area contributed by atoms with Crippen LogP contribution in [-0.2, 0) is 4.74 Å². The molecule has 1 aromatic carbocycles. The van der Waals surface area contributed by atoms with Crippen molar-refractivity contribution in [1.82, 2.24) is 4.98 Å². The summed E-state index contributed by atoms with van der Waals surface area (Å²) in [6.07, 6.45) is 1.52. The number of aromatic amines is 1. The van der Waals surface area contributed by atoms with E-state index >= 15 is 0 Å². The Morgan fingerprint density at radius 2 is 2.12 bits per heavy atom. The molecule has 0 aliphatic heterocycles. The Bertz CT molecular complexity index is 572. The molecule has 1 aromatic heterocycles. The number of amides is 1. The molecule has 0 bridgehead atoms. The maximum atomic E-state index is 11.3. The molecule has 0 aliphatic carbocycles. The van der Waals surface area contributed by atoms with Crippen molar-refractivity contribution in [3.63, 3.8) is 0 Å². The second-order valence-corrected chi connectivity index (χ2v) is 3.32. The van der Waals surface area contributed by atoms with Crippen molar-refractivity contribution in [2.75, 3.05) is 7.11 Å². The number of ether oxygens (including phenoxy) is 1. The lowest BCUT2D eigenvalue weighted by Gasteiger charge is -1.99. The van der Waals surface area contributed by atoms with E-state index in [2.05, 4.69) is 9.72 Å². The van der Waals surface area contributed by atoms with Gasteiger partial charge in [0.1, 0.15) is 0 Å². The molecule has 0 spiro atoms. The normalized spacial score (nSPS) is 10.3. The van der Waals surface area contributed by atoms with Crippen molar-refractivity contribution < 1.29 is 14.3 Å². The minimum absolute atomic E-state index is 0.409. The monoisotopic (exact) mass is 218 g/mol. The molecule has 16 heavy (non-hydrogen) atoms. The first-order valence-corrected chi connectivity index (χ1v) is 4.62. The van der Waals surface area contributed by atoms with Gasteiger partial charge in [-0.25, -0.2) is 4.79 Å². The van der Waals surface area contributed by atoms with E-state index in [0.29, 0.717) is 22.0 Å². The van der Waals surface area contributed by atoms with Crippen LogP contribution in [0.3, 0.4) is 0 Å². The van der Waals surface area contributed by atoms with E-state index in [0.717, 1.165) is 0 Å². The van der Waals surface area contributed by atoms with E-state index in [4.69, 9.17) is 5.73 Å². The fourth-order valence-corrected chi connectivity index (χ4v) is 1.57. The highest BCUT2D eigenvalue weighted by Gasteiger charge is 2.11. The van der Waals surface area contributed by atoms with Crippen molar-refractivity contribution in [3.05, 3.63) is 35.5 Å². The zero-order chi connectivity index (χ0) is 11.7. The predicted molar refractivity (Wildman–Crippen MR) is 58.2 cm³/mol. The lowest BCUT2D eigenvalue weighted by Crippen LogP contribution is -2.09. The van der Waals surface area contributed by atoms with Crippen LogP contribution in [0.5, 0.6) is 0 Å². The molecule has 0 aliphatic rings. The van der Waals surface area contributed by atoms with E-state index in [9.17, 15) is 9.59 Å². The molecule has 82 valence electrons. The molecule has 1 heterocycles. The summed E-state index contributed by atoms with van der Waals surface area (Å²) in [6, 6.07) is 4.88. The summed E-state index contributed by atoms with van der Waals surface area (Å²) in [6.45, 7) is 0. The van der Waals surface area contributed by atoms with Crippen LogP contribution in [0.15, 0.2) is 24.4 Å². The minimum Gasteiger partial charge on any atom is -0.465 e. The molecule has 0 radical (unpaired) electrons. The molecule has 5 nitrogen and oxygen atoms in total. The van der Waals surface area contributed by atoms with Gasteiger partial charge in [-0.2, -0.15) is 0 Å². The molecule has 0 atom stereocenters. The molecule has 0 saturated carbocycles. The number of primary amides is 1. The second-order valence-electron chi connectivity index (χ2n) is 3.32. The zero-order valence-corrected chi connectivity index (χ0v) is 8.61. The highest BCUT2D eigenvalue weighted by atomic mass is 16.5. The van der Waals surface area contributed by atoms with Crippen LogP contribution in [0.4, 0.5) is 0 Å². The predicted octanol–water partition coefficient (Wildman–Crippen LogP) is 1.05. The largest absolute Gasteiger partial charge is 0.465 e. The highest BCUT2D eigenvalue weighted by molar-refractivity contribution is 6.07. The van der Waals surface area contributed by atoms with Crippen LogP contribution in [-0.4, -0.2) is 24.0 Å². The first kappa shape index (κ1) is 10.2. The number of aromatic nitrogens is 1. The van der Waals surface area contributed by atoms with Gasteiger partial charge >= 0.3 is 5.97 Å². The molecule has 2 rings (SSSR count). The lowest BCUT2D eigenvalue weighted by molar-refractivity contribution is 0.0600. The van der Waals surface area contributed by atoms with Crippen LogP contribution in [0, 0.1) is 0 Å². The first-order valence-electron chi connectivity index (χ1n) is 4.62. The van der Waals surface area contributed by atoms with E-state index in [1.807, 2.05) is 0 Å². The molecule has 1 amide bonds. The smallest absolute Gasteiger partial charge is 0.337 e. The molecule has 3 N–H and O–H groups in total. The van der Waals surface area contributed by atoms with Crippen molar-refractivity contribution >= 4 is 22.8 Å². The number of carbonyl (C=O) groups is 2. The number of methoxy groups -OCH3 is 1. The number of hydrogen-bond donors (Lipinski definition) is 2. The number of H-pyrrole nitrogens is 1. The number of hydrogen-bond acceptors (Lipinski definition) is 3. The van der Waals surface area contributed by atoms with Gasteiger partial charge in [0.25, 0.3) is 5.91 Å². The van der Waals surface area contributed by atoms with Gasteiger partial charge in [0, 0.05) is 17.1 Å². The van der Waals surface area contributed by atoms with Gasteiger partial charge < -0.3 is 15.5 Å². The summed E-state index contributed by atoms with van der Waals surface area (Å²) < 4.78 is 4.59. The van der Waals surface area contributed by atoms with Gasteiger partial charge in [-0.05, 0) is 12.1 Å². The van der Waals surface area contributed by atoms with Gasteiger partial charge in [-0.15, -0.1) is 0 Å². The zero-order valence-electron chi connectivity index (χ0n) is 8.61. The third kappa shape index (κ3) is 1.52. The van der Waals surface area contributed by atoms with Gasteiger partial charge in [-0.3, -0.25) is 4.79 Å². The third-order valence-electron chi connectivity index (χ3n) is 2.37. The average Bonchev–Trinajstić information content (AvgIpc) is 2.70. The number of benzene rings is 1. The van der Waals surface area contributed by atoms with E-state index in [-0.39, 0.29) is 0 Å². The Balaban J connectivity index is 2.57. The SMILES string of the molecule is COC(=O)c1ccc2c(C(N)=O)c[nH]c2c1. The Labute approximate surface area is 91.2 Å². The number of rotatable bonds is 2. The van der Waals surface area contributed by atoms with E-state index < -0.39 is 11.9 Å². The summed E-state index contributed by atoms with van der Waals surface area (Å²) in [4.78, 5) is 25.2. The third-order valence-corrected chi connectivity index (χ3v) is 2.37. The number of nitrogens with one attached hydrogen (secondary N) is 1. The van der Waals surface area contributed by atoms with Crippen molar-refractivity contribution in [2.45, 2.75) is 0 Å². The Morgan fingerprint density at radius 1 is 1.38 bits per heavy atom. The van der Waals surface area contributed by atoms with Crippen LogP contribution >= 0.6 is 0 Å². The van der Waals surface area contributed by atoms with Gasteiger partial charge in [0.15, 0.2) is 0 Å². The second kappa shape index (κ2) is 3.69. The fraction of sp³-hybridized carbons (Fsp3) is 0.0909. The number of nitrogens with two attached hydrogens (primary N) is 1. The fourth-order valence-electron chi connectivity index (χ4n) is 1.57. The van der Waals surface area contributed by atoms with E-state index in [1.165, 1.54) is 13.3 Å². The molecule has 0 saturated heterocycles. The maximum absolute atomic E-state index is 11.3. The lowest BCUT2D eigenvalue weighted by atomic mass is 10.1. The van der Waals surface area contributed by atoms with Crippen LogP contribution < -0.4 is 5.73 Å². The van der Waals surface area contributed by atoms with Gasteiger partial charge in [0.05, 0.1) is 18.2 Å². The first-order chi connectivity index (χ1) is 7.63. The quantitative estimate of drug-likeness (QED) is 0.739. The van der Waals surface area contributed by atoms with Crippen LogP contribution in [0.1, 0.15) is 20.7 Å². The summed E-state index contributed by atoms with van der Waals surface area (Å²) in [5.74, 6) is -0.922. The Kier molecular flexibility index (Phi) is 2.36. The highest BCUT2D eigenvalue weighted by Crippen LogP contribution is 2.19. The molecule has 0 unspecified atom stereocenters. The summed E-state index contributed by atoms with van der Waals surface area (Å²) in [5.41, 5.74) is 6.71. The number of carbonyl (C=O) groups excluding carboxylic acids is 2. The molecule has 5 heteroatoms. The van der Waals surface area contributed by atoms with Crippen molar-refractivity contribution in [2.24, 2.45) is 5.73 Å². The maximum Gasteiger partial charge on any atom is 0.337 e. The molecular formula is C11H10N2O3. The summed E-state index contributed by atoms with van der Waals surface area (Å²) in [5, 5.41) is 0.695. The standard InChI is InChI=1S/C11H10N2O3/c1-16-11(15)6-2-3-7-8(10(12)14)5-13-9(7)4-6/h2-5,13H,1H3,(H2,12,14). The van der Waals surface area contributed by atoms with Crippen LogP contribution in [0.25, 0.3) is 10.9 Å². The minimum atomic E-state index is -0.503. The van der Waals surface area contributed by atoms with Gasteiger partial charge in [-0.1, -0.05) is 6.07 Å². The Hall–Kier alpha value is -2.30. The van der Waals surface area contributed by atoms with Crippen molar-refractivity contribution in [3.8, 4) is 0 Å². The van der Waals surface area contributed by atoms with Crippen molar-refractivity contribution in [1.29, 1.82) is 0 Å². The van der Waals surface area contributed by atoms with Crippen LogP contribution in [0.2, 0.25) is 0 Å². The Morgan fingerprint density at radius 3 is 2.75 bits per heavy atom. The summed E-state index contributed by atoms with van der Waals surface area (Å²) >= 11 is 0.